The highest BCUT2D eigenvalue weighted by atomic mass is 35.5. The lowest BCUT2D eigenvalue weighted by atomic mass is 10.2. The summed E-state index contributed by atoms with van der Waals surface area (Å²) in [6.07, 6.45) is 0. The Morgan fingerprint density at radius 2 is 1.96 bits per heavy atom. The molecule has 0 aliphatic carbocycles. The second kappa shape index (κ2) is 7.98. The Kier molecular flexibility index (Phi) is 6.16. The normalized spacial score (nSPS) is 11.3. The topological polar surface area (TPSA) is 127 Å². The number of esters is 1. The van der Waals surface area contributed by atoms with Crippen molar-refractivity contribution in [2.45, 2.75) is 18.2 Å². The molecule has 0 spiro atoms. The minimum Gasteiger partial charge on any atom is -0.465 e. The molecule has 9 nitrogen and oxygen atoms in total. The smallest absolute Gasteiger partial charge is 0.339 e. The molecule has 1 amide bonds. The molecule has 1 aromatic carbocycles. The van der Waals surface area contributed by atoms with Gasteiger partial charge in [-0.05, 0) is 18.2 Å². The van der Waals surface area contributed by atoms with Crippen molar-refractivity contribution in [3.05, 3.63) is 28.8 Å². The first-order valence-corrected chi connectivity index (χ1v) is 9.87. The molecule has 140 valence electrons. The summed E-state index contributed by atoms with van der Waals surface area (Å²) >= 11 is 6.60. The lowest BCUT2D eigenvalue weighted by Gasteiger charge is -2.08. The third-order valence-electron chi connectivity index (χ3n) is 3.01. The van der Waals surface area contributed by atoms with Crippen LogP contribution < -0.4 is 10.0 Å². The molecular weight excluding hydrogens is 404 g/mol. The molecule has 12 heteroatoms. The van der Waals surface area contributed by atoms with E-state index in [1.807, 2.05) is 0 Å². The Labute approximate surface area is 158 Å². The fraction of sp³-hybridized carbons (Fsp3) is 0.286. The van der Waals surface area contributed by atoms with E-state index in [-0.39, 0.29) is 37.6 Å². The molecule has 1 heterocycles. The molecular formula is C14H15ClN4O5S2. The first-order valence-electron chi connectivity index (χ1n) is 7.19. The molecule has 0 aliphatic heterocycles. The van der Waals surface area contributed by atoms with E-state index < -0.39 is 16.0 Å². The average molecular weight is 419 g/mol. The van der Waals surface area contributed by atoms with Crippen LogP contribution in [0.5, 0.6) is 0 Å². The highest BCUT2D eigenvalue weighted by Crippen LogP contribution is 2.26. The largest absolute Gasteiger partial charge is 0.465 e. The van der Waals surface area contributed by atoms with Gasteiger partial charge in [0.1, 0.15) is 0 Å². The highest BCUT2D eigenvalue weighted by molar-refractivity contribution is 7.94. The van der Waals surface area contributed by atoms with Crippen LogP contribution in [-0.2, 0) is 19.6 Å². The number of hydrogen-bond acceptors (Lipinski definition) is 8. The number of nitrogens with zero attached hydrogens (tertiary/aromatic N) is 2. The zero-order chi connectivity index (χ0) is 19.5. The standard InChI is InChI=1S/C14H15ClN4O5S2/c1-7(2)11(20)16-13-17-18-14(25-13)26(22,23)19-8-4-5-10(15)9(6-8)12(21)24-3/h4-7,19H,1-3H3,(H,16,17,20). The van der Waals surface area contributed by atoms with Crippen molar-refractivity contribution in [2.24, 2.45) is 5.92 Å². The van der Waals surface area contributed by atoms with Crippen molar-refractivity contribution >= 4 is 55.7 Å². The molecule has 26 heavy (non-hydrogen) atoms. The van der Waals surface area contributed by atoms with Gasteiger partial charge in [-0.2, -0.15) is 8.42 Å². The monoisotopic (exact) mass is 418 g/mol. The Bertz CT molecular complexity index is 943. The summed E-state index contributed by atoms with van der Waals surface area (Å²) in [6.45, 7) is 3.38. The van der Waals surface area contributed by atoms with E-state index in [9.17, 15) is 18.0 Å². The molecule has 0 aliphatic rings. The molecule has 0 saturated heterocycles. The van der Waals surface area contributed by atoms with E-state index in [1.165, 1.54) is 25.3 Å². The SMILES string of the molecule is COC(=O)c1cc(NS(=O)(=O)c2nnc(NC(=O)C(C)C)s2)ccc1Cl. The number of halogens is 1. The lowest BCUT2D eigenvalue weighted by molar-refractivity contribution is -0.118. The van der Waals surface area contributed by atoms with Gasteiger partial charge in [-0.1, -0.05) is 36.8 Å². The first-order chi connectivity index (χ1) is 12.1. The predicted octanol–water partition coefficient (Wildman–Crippen LogP) is 2.37. The van der Waals surface area contributed by atoms with Crippen LogP contribution in [-0.4, -0.2) is 37.6 Å². The summed E-state index contributed by atoms with van der Waals surface area (Å²) in [5.41, 5.74) is 0.106. The Morgan fingerprint density at radius 1 is 1.27 bits per heavy atom. The van der Waals surface area contributed by atoms with Gasteiger partial charge in [0.2, 0.25) is 11.0 Å². The number of ether oxygens (including phenoxy) is 1. The van der Waals surface area contributed by atoms with E-state index in [1.54, 1.807) is 13.8 Å². The maximum Gasteiger partial charge on any atom is 0.339 e. The second-order valence-corrected chi connectivity index (χ2v) is 8.55. The van der Waals surface area contributed by atoms with Crippen LogP contribution in [0.25, 0.3) is 0 Å². The maximum absolute atomic E-state index is 12.4. The first kappa shape index (κ1) is 20.1. The van der Waals surface area contributed by atoms with E-state index >= 15 is 0 Å². The molecule has 0 fully saturated rings. The minimum absolute atomic E-state index is 0.0107. The summed E-state index contributed by atoms with van der Waals surface area (Å²) in [7, 11) is -2.88. The van der Waals surface area contributed by atoms with Crippen LogP contribution in [0.1, 0.15) is 24.2 Å². The zero-order valence-corrected chi connectivity index (χ0v) is 16.3. The molecule has 2 aromatic rings. The number of sulfonamides is 1. The van der Waals surface area contributed by atoms with Crippen molar-refractivity contribution in [3.8, 4) is 0 Å². The van der Waals surface area contributed by atoms with Crippen LogP contribution in [0.15, 0.2) is 22.5 Å². The average Bonchev–Trinajstić information content (AvgIpc) is 3.05. The number of carbonyl (C=O) groups excluding carboxylic acids is 2. The Balaban J connectivity index is 2.23. The predicted molar refractivity (Wildman–Crippen MR) is 97.0 cm³/mol. The zero-order valence-electron chi connectivity index (χ0n) is 13.9. The van der Waals surface area contributed by atoms with Gasteiger partial charge < -0.3 is 10.1 Å². The van der Waals surface area contributed by atoms with Gasteiger partial charge >= 0.3 is 5.97 Å². The highest BCUT2D eigenvalue weighted by Gasteiger charge is 2.22. The molecule has 0 bridgehead atoms. The van der Waals surface area contributed by atoms with Gasteiger partial charge in [-0.15, -0.1) is 10.2 Å². The van der Waals surface area contributed by atoms with Crippen molar-refractivity contribution < 1.29 is 22.7 Å². The third-order valence-corrected chi connectivity index (χ3v) is 5.93. The number of anilines is 2. The van der Waals surface area contributed by atoms with E-state index in [4.69, 9.17) is 11.6 Å². The van der Waals surface area contributed by atoms with E-state index in [2.05, 4.69) is 25.0 Å². The maximum atomic E-state index is 12.4. The number of aromatic nitrogens is 2. The lowest BCUT2D eigenvalue weighted by Crippen LogP contribution is -2.17. The summed E-state index contributed by atoms with van der Waals surface area (Å²) < 4.78 is 31.3. The molecule has 0 atom stereocenters. The van der Waals surface area contributed by atoms with Gasteiger partial charge in [0, 0.05) is 11.6 Å². The van der Waals surface area contributed by atoms with Crippen molar-refractivity contribution in [1.29, 1.82) is 0 Å². The van der Waals surface area contributed by atoms with Gasteiger partial charge in [-0.25, -0.2) is 4.79 Å². The summed E-state index contributed by atoms with van der Waals surface area (Å²) in [5.74, 6) is -1.30. The van der Waals surface area contributed by atoms with E-state index in [0.29, 0.717) is 11.3 Å². The number of amides is 1. The Hall–Kier alpha value is -2.24. The summed E-state index contributed by atoms with van der Waals surface area (Å²) in [6, 6.07) is 3.99. The third kappa shape index (κ3) is 4.68. The van der Waals surface area contributed by atoms with Crippen LogP contribution in [0.2, 0.25) is 5.02 Å². The van der Waals surface area contributed by atoms with E-state index in [0.717, 1.165) is 0 Å². The molecule has 2 rings (SSSR count). The minimum atomic E-state index is -4.06. The molecule has 0 radical (unpaired) electrons. The molecule has 2 N–H and O–H groups in total. The van der Waals surface area contributed by atoms with Gasteiger partial charge in [0.25, 0.3) is 14.4 Å². The Morgan fingerprint density at radius 3 is 2.58 bits per heavy atom. The fourth-order valence-electron chi connectivity index (χ4n) is 1.67. The second-order valence-electron chi connectivity index (χ2n) is 5.31. The van der Waals surface area contributed by atoms with Crippen molar-refractivity contribution in [2.75, 3.05) is 17.1 Å². The van der Waals surface area contributed by atoms with Crippen LogP contribution in [0.4, 0.5) is 10.8 Å². The van der Waals surface area contributed by atoms with Gasteiger partial charge in [0.15, 0.2) is 0 Å². The van der Waals surface area contributed by atoms with Crippen LogP contribution in [0.3, 0.4) is 0 Å². The number of methoxy groups -OCH3 is 1. The quantitative estimate of drug-likeness (QED) is 0.544. The number of rotatable bonds is 6. The summed E-state index contributed by atoms with van der Waals surface area (Å²) in [5, 5.41) is 9.87. The van der Waals surface area contributed by atoms with Gasteiger partial charge in [-0.3, -0.25) is 9.52 Å². The van der Waals surface area contributed by atoms with Crippen LogP contribution in [0, 0.1) is 5.92 Å². The molecule has 0 unspecified atom stereocenters. The number of benzene rings is 1. The van der Waals surface area contributed by atoms with Gasteiger partial charge in [0.05, 0.1) is 17.7 Å². The number of carbonyl (C=O) groups is 2. The van der Waals surface area contributed by atoms with Crippen LogP contribution >= 0.6 is 22.9 Å². The number of nitrogens with one attached hydrogen (secondary N) is 2. The fourth-order valence-corrected chi connectivity index (χ4v) is 3.82. The summed E-state index contributed by atoms with van der Waals surface area (Å²) in [4.78, 5) is 23.3. The number of hydrogen-bond donors (Lipinski definition) is 2. The van der Waals surface area contributed by atoms with Crippen molar-refractivity contribution in [1.82, 2.24) is 10.2 Å². The molecule has 1 aromatic heterocycles. The molecule has 0 saturated carbocycles. The van der Waals surface area contributed by atoms with Crippen molar-refractivity contribution in [3.63, 3.8) is 0 Å².